The molecule has 0 amide bonds. The smallest absolute Gasteiger partial charge is 0.0962 e. The van der Waals surface area contributed by atoms with Gasteiger partial charge >= 0.3 is 0 Å². The third-order valence-corrected chi connectivity index (χ3v) is 6.00. The van der Waals surface area contributed by atoms with Gasteiger partial charge in [0.2, 0.25) is 0 Å². The van der Waals surface area contributed by atoms with Crippen LogP contribution in [0.2, 0.25) is 0 Å². The highest BCUT2D eigenvalue weighted by atomic mass is 32.1. The highest BCUT2D eigenvalue weighted by Gasteiger charge is 2.26. The van der Waals surface area contributed by atoms with Gasteiger partial charge in [-0.25, -0.2) is 4.98 Å². The molecule has 1 heterocycles. The van der Waals surface area contributed by atoms with E-state index in [-0.39, 0.29) is 0 Å². The molecule has 2 nitrogen and oxygen atoms in total. The molecule has 106 valence electrons. The maximum absolute atomic E-state index is 5.03. The van der Waals surface area contributed by atoms with E-state index < -0.39 is 0 Å². The van der Waals surface area contributed by atoms with E-state index in [2.05, 4.69) is 12.2 Å². The van der Waals surface area contributed by atoms with Crippen molar-refractivity contribution in [1.29, 1.82) is 0 Å². The lowest BCUT2D eigenvalue weighted by molar-refractivity contribution is 0.475. The molecule has 1 aromatic rings. The van der Waals surface area contributed by atoms with E-state index in [9.17, 15) is 0 Å². The van der Waals surface area contributed by atoms with Gasteiger partial charge in [0, 0.05) is 16.8 Å². The Bertz CT molecular complexity index is 405. The van der Waals surface area contributed by atoms with E-state index in [1.807, 2.05) is 11.3 Å². The number of hydrogen-bond acceptors (Lipinski definition) is 3. The molecule has 0 aromatic carbocycles. The van der Waals surface area contributed by atoms with Crippen LogP contribution in [0.25, 0.3) is 0 Å². The fraction of sp³-hybridized carbons (Fsp3) is 0.812. The molecule has 1 aromatic heterocycles. The Morgan fingerprint density at radius 3 is 2.63 bits per heavy atom. The number of fused-ring (bicyclic) bond motifs is 1. The fourth-order valence-corrected chi connectivity index (χ4v) is 4.97. The van der Waals surface area contributed by atoms with Crippen LogP contribution in [0.3, 0.4) is 0 Å². The molecule has 0 bridgehead atoms. The van der Waals surface area contributed by atoms with E-state index in [1.165, 1.54) is 68.5 Å². The number of thiazole rings is 1. The maximum Gasteiger partial charge on any atom is 0.0962 e. The second-order valence-corrected chi connectivity index (χ2v) is 7.12. The SMILES string of the molecule is CCNC1CCCc2nc(C3CCCCCC3)sc21. The topological polar surface area (TPSA) is 24.9 Å². The standard InChI is InChI=1S/C16H26N2S/c1-2-17-13-10-7-11-14-15(13)19-16(18-14)12-8-5-3-4-6-9-12/h12-13,17H,2-11H2,1H3. The Morgan fingerprint density at radius 2 is 1.89 bits per heavy atom. The van der Waals surface area contributed by atoms with Crippen molar-refractivity contribution >= 4 is 11.3 Å². The van der Waals surface area contributed by atoms with Crippen LogP contribution in [0.4, 0.5) is 0 Å². The number of nitrogens with zero attached hydrogens (tertiary/aromatic N) is 1. The zero-order chi connectivity index (χ0) is 13.1. The van der Waals surface area contributed by atoms with Crippen molar-refractivity contribution in [2.24, 2.45) is 0 Å². The summed E-state index contributed by atoms with van der Waals surface area (Å²) in [4.78, 5) is 6.59. The number of rotatable bonds is 3. The Balaban J connectivity index is 1.80. The molecule has 2 aliphatic carbocycles. The van der Waals surface area contributed by atoms with Crippen LogP contribution in [0, 0.1) is 0 Å². The molecule has 1 N–H and O–H groups in total. The summed E-state index contributed by atoms with van der Waals surface area (Å²) in [6, 6.07) is 0.589. The lowest BCUT2D eigenvalue weighted by Crippen LogP contribution is -2.23. The molecule has 2 aliphatic rings. The first-order valence-corrected chi connectivity index (χ1v) is 8.93. The Kier molecular flexibility index (Phi) is 4.54. The van der Waals surface area contributed by atoms with Gasteiger partial charge in [-0.05, 0) is 38.6 Å². The summed E-state index contributed by atoms with van der Waals surface area (Å²) in [5.41, 5.74) is 1.42. The van der Waals surface area contributed by atoms with E-state index in [0.717, 1.165) is 12.5 Å². The number of nitrogens with one attached hydrogen (secondary N) is 1. The van der Waals surface area contributed by atoms with Crippen molar-refractivity contribution in [3.63, 3.8) is 0 Å². The van der Waals surface area contributed by atoms with Crippen molar-refractivity contribution in [3.8, 4) is 0 Å². The van der Waals surface area contributed by atoms with Crippen LogP contribution in [0.15, 0.2) is 0 Å². The average Bonchev–Trinajstić information content (AvgIpc) is 2.68. The lowest BCUT2D eigenvalue weighted by Gasteiger charge is -2.21. The van der Waals surface area contributed by atoms with Gasteiger partial charge in [0.25, 0.3) is 0 Å². The summed E-state index contributed by atoms with van der Waals surface area (Å²) in [5.74, 6) is 0.764. The van der Waals surface area contributed by atoms with Crippen molar-refractivity contribution in [2.75, 3.05) is 6.54 Å². The molecule has 1 fully saturated rings. The van der Waals surface area contributed by atoms with E-state index in [0.29, 0.717) is 6.04 Å². The molecule has 0 spiro atoms. The molecule has 1 saturated carbocycles. The van der Waals surface area contributed by atoms with Crippen LogP contribution >= 0.6 is 11.3 Å². The van der Waals surface area contributed by atoms with Crippen LogP contribution in [-0.2, 0) is 6.42 Å². The van der Waals surface area contributed by atoms with Crippen LogP contribution < -0.4 is 5.32 Å². The molecule has 3 rings (SSSR count). The molecule has 19 heavy (non-hydrogen) atoms. The van der Waals surface area contributed by atoms with Crippen LogP contribution in [-0.4, -0.2) is 11.5 Å². The molecular formula is C16H26N2S. The van der Waals surface area contributed by atoms with Crippen LogP contribution in [0.5, 0.6) is 0 Å². The fourth-order valence-electron chi connectivity index (χ4n) is 3.58. The maximum atomic E-state index is 5.03. The van der Waals surface area contributed by atoms with Crippen molar-refractivity contribution in [1.82, 2.24) is 10.3 Å². The van der Waals surface area contributed by atoms with Crippen LogP contribution in [0.1, 0.15) is 85.8 Å². The minimum absolute atomic E-state index is 0.589. The largest absolute Gasteiger partial charge is 0.309 e. The summed E-state index contributed by atoms with van der Waals surface area (Å²) < 4.78 is 0. The van der Waals surface area contributed by atoms with Crippen molar-refractivity contribution in [3.05, 3.63) is 15.6 Å². The number of aryl methyl sites for hydroxylation is 1. The highest BCUT2D eigenvalue weighted by Crippen LogP contribution is 2.40. The summed E-state index contributed by atoms with van der Waals surface area (Å²) >= 11 is 2.03. The summed E-state index contributed by atoms with van der Waals surface area (Å²) in [6.45, 7) is 3.28. The van der Waals surface area contributed by atoms with E-state index >= 15 is 0 Å². The van der Waals surface area contributed by atoms with Gasteiger partial charge in [-0.3, -0.25) is 0 Å². The van der Waals surface area contributed by atoms with Gasteiger partial charge in [-0.15, -0.1) is 11.3 Å². The Labute approximate surface area is 121 Å². The Morgan fingerprint density at radius 1 is 1.11 bits per heavy atom. The zero-order valence-electron chi connectivity index (χ0n) is 12.1. The second-order valence-electron chi connectivity index (χ2n) is 6.05. The first-order chi connectivity index (χ1) is 9.38. The van der Waals surface area contributed by atoms with Gasteiger partial charge in [0.1, 0.15) is 0 Å². The van der Waals surface area contributed by atoms with E-state index in [4.69, 9.17) is 4.98 Å². The normalized spacial score (nSPS) is 25.0. The third kappa shape index (κ3) is 3.03. The molecule has 0 radical (unpaired) electrons. The highest BCUT2D eigenvalue weighted by molar-refractivity contribution is 7.12. The summed E-state index contributed by atoms with van der Waals surface area (Å²) in [7, 11) is 0. The minimum Gasteiger partial charge on any atom is -0.309 e. The average molecular weight is 278 g/mol. The summed E-state index contributed by atoms with van der Waals surface area (Å²) in [5, 5.41) is 5.09. The van der Waals surface area contributed by atoms with Gasteiger partial charge in [0.15, 0.2) is 0 Å². The first kappa shape index (κ1) is 13.6. The second kappa shape index (κ2) is 6.36. The molecule has 1 unspecified atom stereocenters. The Hall–Kier alpha value is -0.410. The lowest BCUT2D eigenvalue weighted by atomic mass is 9.97. The summed E-state index contributed by atoms with van der Waals surface area (Å²) in [6.07, 6.45) is 12.2. The zero-order valence-corrected chi connectivity index (χ0v) is 12.9. The molecule has 0 saturated heterocycles. The monoisotopic (exact) mass is 278 g/mol. The number of aromatic nitrogens is 1. The van der Waals surface area contributed by atoms with Crippen molar-refractivity contribution < 1.29 is 0 Å². The molecule has 3 heteroatoms. The van der Waals surface area contributed by atoms with Gasteiger partial charge in [-0.1, -0.05) is 32.6 Å². The van der Waals surface area contributed by atoms with Gasteiger partial charge in [0.05, 0.1) is 10.7 Å². The predicted molar refractivity (Wildman–Crippen MR) is 81.9 cm³/mol. The molecular weight excluding hydrogens is 252 g/mol. The van der Waals surface area contributed by atoms with Gasteiger partial charge in [-0.2, -0.15) is 0 Å². The number of hydrogen-bond donors (Lipinski definition) is 1. The van der Waals surface area contributed by atoms with Gasteiger partial charge < -0.3 is 5.32 Å². The predicted octanol–water partition coefficient (Wildman–Crippen LogP) is 4.57. The van der Waals surface area contributed by atoms with E-state index in [1.54, 1.807) is 4.88 Å². The minimum atomic E-state index is 0.589. The first-order valence-electron chi connectivity index (χ1n) is 8.11. The molecule has 1 atom stereocenters. The quantitative estimate of drug-likeness (QED) is 0.819. The molecule has 0 aliphatic heterocycles. The van der Waals surface area contributed by atoms with Crippen molar-refractivity contribution in [2.45, 2.75) is 76.7 Å². The third-order valence-electron chi connectivity index (χ3n) is 4.62.